The van der Waals surface area contributed by atoms with Crippen LogP contribution in [0.4, 0.5) is 0 Å². The van der Waals surface area contributed by atoms with Crippen LogP contribution in [0.3, 0.4) is 0 Å². The predicted octanol–water partition coefficient (Wildman–Crippen LogP) is 4.35. The smallest absolute Gasteiger partial charge is 0.161 e. The maximum absolute atomic E-state index is 5.54. The molecular weight excluding hydrogens is 286 g/mol. The zero-order valence-corrected chi connectivity index (χ0v) is 14.0. The SMILES string of the molecule is C=CCOc1ccc(CNCCCCCC)cc1OC.Cl. The molecule has 0 fully saturated rings. The van der Waals surface area contributed by atoms with Crippen LogP contribution in [-0.4, -0.2) is 20.3 Å². The molecule has 1 rings (SSSR count). The molecule has 0 aromatic heterocycles. The first-order valence-corrected chi connectivity index (χ1v) is 7.43. The fourth-order valence-corrected chi connectivity index (χ4v) is 2.00. The number of rotatable bonds is 11. The highest BCUT2D eigenvalue weighted by Gasteiger charge is 2.05. The molecule has 120 valence electrons. The number of benzene rings is 1. The van der Waals surface area contributed by atoms with Crippen LogP contribution < -0.4 is 14.8 Å². The monoisotopic (exact) mass is 313 g/mol. The van der Waals surface area contributed by atoms with Gasteiger partial charge in [-0.1, -0.05) is 44.9 Å². The molecule has 1 aromatic rings. The van der Waals surface area contributed by atoms with E-state index in [0.29, 0.717) is 6.61 Å². The molecule has 0 aliphatic carbocycles. The lowest BCUT2D eigenvalue weighted by molar-refractivity contribution is 0.326. The fourth-order valence-electron chi connectivity index (χ4n) is 2.00. The number of unbranched alkanes of at least 4 members (excludes halogenated alkanes) is 3. The van der Waals surface area contributed by atoms with Gasteiger partial charge in [-0.3, -0.25) is 0 Å². The maximum Gasteiger partial charge on any atom is 0.161 e. The Morgan fingerprint density at radius 3 is 2.67 bits per heavy atom. The van der Waals surface area contributed by atoms with Crippen molar-refractivity contribution in [1.82, 2.24) is 5.32 Å². The van der Waals surface area contributed by atoms with Crippen LogP contribution in [0.5, 0.6) is 11.5 Å². The molecule has 0 aliphatic heterocycles. The Morgan fingerprint density at radius 1 is 1.19 bits per heavy atom. The molecular formula is C17H28ClNO2. The molecule has 0 spiro atoms. The van der Waals surface area contributed by atoms with Gasteiger partial charge >= 0.3 is 0 Å². The van der Waals surface area contributed by atoms with E-state index in [1.165, 1.54) is 31.2 Å². The average molecular weight is 314 g/mol. The Balaban J connectivity index is 0.00000400. The molecule has 0 amide bonds. The van der Waals surface area contributed by atoms with Gasteiger partial charge in [-0.2, -0.15) is 0 Å². The Kier molecular flexibility index (Phi) is 11.8. The van der Waals surface area contributed by atoms with Crippen molar-refractivity contribution in [2.75, 3.05) is 20.3 Å². The van der Waals surface area contributed by atoms with Crippen molar-refractivity contribution in [3.05, 3.63) is 36.4 Å². The van der Waals surface area contributed by atoms with E-state index < -0.39 is 0 Å². The average Bonchev–Trinajstić information content (AvgIpc) is 2.49. The van der Waals surface area contributed by atoms with E-state index in [0.717, 1.165) is 24.6 Å². The van der Waals surface area contributed by atoms with Crippen molar-refractivity contribution in [2.45, 2.75) is 39.2 Å². The van der Waals surface area contributed by atoms with E-state index in [9.17, 15) is 0 Å². The fraction of sp³-hybridized carbons (Fsp3) is 0.529. The summed E-state index contributed by atoms with van der Waals surface area (Å²) in [6.07, 6.45) is 6.88. The van der Waals surface area contributed by atoms with Crippen LogP contribution in [0.1, 0.15) is 38.2 Å². The standard InChI is InChI=1S/C17H27NO2.ClH/c1-4-6-7-8-11-18-14-15-9-10-16(20-12-5-2)17(13-15)19-3;/h5,9-10,13,18H,2,4,6-8,11-12,14H2,1,3H3;1H. The summed E-state index contributed by atoms with van der Waals surface area (Å²) in [4.78, 5) is 0. The van der Waals surface area contributed by atoms with Gasteiger partial charge in [-0.15, -0.1) is 12.4 Å². The Hall–Kier alpha value is -1.19. The lowest BCUT2D eigenvalue weighted by Gasteiger charge is -2.11. The molecule has 0 atom stereocenters. The predicted molar refractivity (Wildman–Crippen MR) is 91.8 cm³/mol. The molecule has 0 aliphatic rings. The molecule has 0 radical (unpaired) electrons. The summed E-state index contributed by atoms with van der Waals surface area (Å²) in [5, 5.41) is 3.46. The quantitative estimate of drug-likeness (QED) is 0.486. The van der Waals surface area contributed by atoms with Crippen LogP contribution >= 0.6 is 12.4 Å². The number of hydrogen-bond donors (Lipinski definition) is 1. The summed E-state index contributed by atoms with van der Waals surface area (Å²) < 4.78 is 10.9. The maximum atomic E-state index is 5.54. The summed E-state index contributed by atoms with van der Waals surface area (Å²) in [5.74, 6) is 1.54. The normalized spacial score (nSPS) is 9.81. The molecule has 0 saturated heterocycles. The summed E-state index contributed by atoms with van der Waals surface area (Å²) in [5.41, 5.74) is 1.21. The minimum absolute atomic E-state index is 0. The van der Waals surface area contributed by atoms with Crippen molar-refractivity contribution in [3.8, 4) is 11.5 Å². The van der Waals surface area contributed by atoms with Gasteiger partial charge < -0.3 is 14.8 Å². The minimum atomic E-state index is 0. The van der Waals surface area contributed by atoms with Crippen molar-refractivity contribution < 1.29 is 9.47 Å². The topological polar surface area (TPSA) is 30.5 Å². The molecule has 4 heteroatoms. The van der Waals surface area contributed by atoms with Crippen molar-refractivity contribution >= 4 is 12.4 Å². The molecule has 1 aromatic carbocycles. The van der Waals surface area contributed by atoms with Crippen LogP contribution in [-0.2, 0) is 6.54 Å². The highest BCUT2D eigenvalue weighted by atomic mass is 35.5. The Labute approximate surface area is 135 Å². The van der Waals surface area contributed by atoms with Gasteiger partial charge in [0.2, 0.25) is 0 Å². The number of hydrogen-bond acceptors (Lipinski definition) is 3. The largest absolute Gasteiger partial charge is 0.493 e. The third kappa shape index (κ3) is 7.98. The molecule has 21 heavy (non-hydrogen) atoms. The molecule has 3 nitrogen and oxygen atoms in total. The summed E-state index contributed by atoms with van der Waals surface area (Å²) in [6, 6.07) is 6.05. The van der Waals surface area contributed by atoms with E-state index in [1.807, 2.05) is 12.1 Å². The molecule has 0 bridgehead atoms. The van der Waals surface area contributed by atoms with Gasteiger partial charge in [0.25, 0.3) is 0 Å². The number of nitrogens with one attached hydrogen (secondary N) is 1. The van der Waals surface area contributed by atoms with Crippen LogP contribution in [0.2, 0.25) is 0 Å². The summed E-state index contributed by atoms with van der Waals surface area (Å²) in [6.45, 7) is 8.30. The van der Waals surface area contributed by atoms with E-state index in [2.05, 4.69) is 24.9 Å². The highest BCUT2D eigenvalue weighted by Crippen LogP contribution is 2.28. The minimum Gasteiger partial charge on any atom is -0.493 e. The van der Waals surface area contributed by atoms with Crippen molar-refractivity contribution in [3.63, 3.8) is 0 Å². The summed E-state index contributed by atoms with van der Waals surface area (Å²) >= 11 is 0. The van der Waals surface area contributed by atoms with Crippen molar-refractivity contribution in [1.29, 1.82) is 0 Å². The third-order valence-electron chi connectivity index (χ3n) is 3.12. The zero-order valence-electron chi connectivity index (χ0n) is 13.2. The Bertz CT molecular complexity index is 396. The van der Waals surface area contributed by atoms with Gasteiger partial charge in [-0.25, -0.2) is 0 Å². The Morgan fingerprint density at radius 2 is 2.00 bits per heavy atom. The highest BCUT2D eigenvalue weighted by molar-refractivity contribution is 5.85. The number of ether oxygens (including phenoxy) is 2. The second-order valence-corrected chi connectivity index (χ2v) is 4.82. The van der Waals surface area contributed by atoms with Gasteiger partial charge in [0.1, 0.15) is 6.61 Å². The van der Waals surface area contributed by atoms with Crippen LogP contribution in [0.25, 0.3) is 0 Å². The van der Waals surface area contributed by atoms with Crippen LogP contribution in [0, 0.1) is 0 Å². The first kappa shape index (κ1) is 19.8. The first-order chi connectivity index (χ1) is 9.81. The van der Waals surface area contributed by atoms with E-state index in [4.69, 9.17) is 9.47 Å². The summed E-state index contributed by atoms with van der Waals surface area (Å²) in [7, 11) is 1.66. The van der Waals surface area contributed by atoms with E-state index >= 15 is 0 Å². The first-order valence-electron chi connectivity index (χ1n) is 7.43. The molecule has 0 saturated carbocycles. The van der Waals surface area contributed by atoms with Gasteiger partial charge in [0, 0.05) is 6.54 Å². The second-order valence-electron chi connectivity index (χ2n) is 4.82. The molecule has 0 heterocycles. The van der Waals surface area contributed by atoms with Crippen LogP contribution in [0.15, 0.2) is 30.9 Å². The van der Waals surface area contributed by atoms with Gasteiger partial charge in [0.15, 0.2) is 11.5 Å². The zero-order chi connectivity index (χ0) is 14.6. The number of methoxy groups -OCH3 is 1. The second kappa shape index (κ2) is 12.5. The van der Waals surface area contributed by atoms with Crippen molar-refractivity contribution in [2.24, 2.45) is 0 Å². The van der Waals surface area contributed by atoms with Gasteiger partial charge in [0.05, 0.1) is 7.11 Å². The number of halogens is 1. The molecule has 1 N–H and O–H groups in total. The lowest BCUT2D eigenvalue weighted by Crippen LogP contribution is -2.14. The van der Waals surface area contributed by atoms with Gasteiger partial charge in [-0.05, 0) is 30.7 Å². The molecule has 0 unspecified atom stereocenters. The third-order valence-corrected chi connectivity index (χ3v) is 3.12. The van der Waals surface area contributed by atoms with E-state index in [-0.39, 0.29) is 12.4 Å². The van der Waals surface area contributed by atoms with E-state index in [1.54, 1.807) is 13.2 Å². The lowest BCUT2D eigenvalue weighted by atomic mass is 10.2.